The number of morpholine rings is 1. The summed E-state index contributed by atoms with van der Waals surface area (Å²) in [4.78, 5) is 20.2. The Balaban J connectivity index is 1.34. The van der Waals surface area contributed by atoms with Crippen molar-refractivity contribution in [2.24, 2.45) is 5.41 Å². The minimum atomic E-state index is -0.152. The van der Waals surface area contributed by atoms with E-state index in [4.69, 9.17) is 9.47 Å². The predicted octanol–water partition coefficient (Wildman–Crippen LogP) is 2.07. The summed E-state index contributed by atoms with van der Waals surface area (Å²) in [6, 6.07) is 4.37. The van der Waals surface area contributed by atoms with Crippen LogP contribution in [0.1, 0.15) is 29.5 Å². The van der Waals surface area contributed by atoms with E-state index >= 15 is 0 Å². The average Bonchev–Trinajstić information content (AvgIpc) is 3.28. The number of hydrogen-bond acceptors (Lipinski definition) is 5. The number of rotatable bonds is 6. The molecule has 1 aromatic carbocycles. The van der Waals surface area contributed by atoms with Gasteiger partial charge >= 0.3 is 0 Å². The van der Waals surface area contributed by atoms with Gasteiger partial charge in [-0.3, -0.25) is 14.6 Å². The van der Waals surface area contributed by atoms with Crippen molar-refractivity contribution in [1.29, 1.82) is 0 Å². The minimum Gasteiger partial charge on any atom is -0.496 e. The van der Waals surface area contributed by atoms with E-state index in [1.807, 2.05) is 0 Å². The Morgan fingerprint density at radius 3 is 2.52 bits per heavy atom. The maximum Gasteiger partial charge on any atom is 0.230 e. The van der Waals surface area contributed by atoms with Gasteiger partial charge in [0.2, 0.25) is 5.91 Å². The van der Waals surface area contributed by atoms with E-state index in [1.165, 1.54) is 16.7 Å². The Hall–Kier alpha value is -1.63. The third-order valence-corrected chi connectivity index (χ3v) is 7.07. The minimum absolute atomic E-state index is 0.152. The average molecular weight is 402 g/mol. The molecule has 1 amide bonds. The van der Waals surface area contributed by atoms with E-state index in [0.29, 0.717) is 5.91 Å². The number of amides is 1. The monoisotopic (exact) mass is 401 g/mol. The first-order valence-corrected chi connectivity index (χ1v) is 11.0. The van der Waals surface area contributed by atoms with E-state index in [2.05, 4.69) is 40.7 Å². The van der Waals surface area contributed by atoms with Gasteiger partial charge in [-0.2, -0.15) is 0 Å². The van der Waals surface area contributed by atoms with Gasteiger partial charge in [0, 0.05) is 45.8 Å². The molecule has 6 heteroatoms. The van der Waals surface area contributed by atoms with Gasteiger partial charge in [0.15, 0.2) is 0 Å². The van der Waals surface area contributed by atoms with Crippen LogP contribution < -0.4 is 4.74 Å². The first-order chi connectivity index (χ1) is 14.0. The SMILES string of the molecule is COc1cc(C)c(CN2CCC3(CCN(CCN4CCOCC4)C3=O)C2)cc1C. The van der Waals surface area contributed by atoms with Gasteiger partial charge in [0.25, 0.3) is 0 Å². The van der Waals surface area contributed by atoms with Crippen LogP contribution in [0.15, 0.2) is 12.1 Å². The molecule has 1 spiro atoms. The third kappa shape index (κ3) is 4.30. The molecule has 6 nitrogen and oxygen atoms in total. The van der Waals surface area contributed by atoms with Gasteiger partial charge in [0.05, 0.1) is 25.7 Å². The summed E-state index contributed by atoms with van der Waals surface area (Å²) in [7, 11) is 1.72. The van der Waals surface area contributed by atoms with E-state index < -0.39 is 0 Å². The number of carbonyl (C=O) groups excluding carboxylic acids is 1. The normalized spacial score (nSPS) is 26.0. The molecule has 0 aromatic heterocycles. The molecule has 3 saturated heterocycles. The highest BCUT2D eigenvalue weighted by Crippen LogP contribution is 2.41. The molecule has 1 unspecified atom stereocenters. The summed E-state index contributed by atoms with van der Waals surface area (Å²) in [5.41, 5.74) is 3.63. The number of carbonyl (C=O) groups is 1. The lowest BCUT2D eigenvalue weighted by atomic mass is 9.85. The Bertz CT molecular complexity index is 747. The molecule has 3 aliphatic rings. The molecule has 3 heterocycles. The van der Waals surface area contributed by atoms with Crippen LogP contribution in [0.3, 0.4) is 0 Å². The lowest BCUT2D eigenvalue weighted by Crippen LogP contribution is -2.43. The van der Waals surface area contributed by atoms with Crippen molar-refractivity contribution in [1.82, 2.24) is 14.7 Å². The lowest BCUT2D eigenvalue weighted by Gasteiger charge is -2.29. The highest BCUT2D eigenvalue weighted by molar-refractivity contribution is 5.85. The highest BCUT2D eigenvalue weighted by atomic mass is 16.5. The zero-order chi connectivity index (χ0) is 20.4. The molecule has 0 bridgehead atoms. The third-order valence-electron chi connectivity index (χ3n) is 7.07. The van der Waals surface area contributed by atoms with Crippen LogP contribution in [0, 0.1) is 19.3 Å². The zero-order valence-corrected chi connectivity index (χ0v) is 18.2. The summed E-state index contributed by atoms with van der Waals surface area (Å²) in [6.07, 6.45) is 2.00. The number of benzene rings is 1. The highest BCUT2D eigenvalue weighted by Gasteiger charge is 2.50. The molecule has 0 N–H and O–H groups in total. The Morgan fingerprint density at radius 1 is 1.00 bits per heavy atom. The number of ether oxygens (including phenoxy) is 2. The van der Waals surface area contributed by atoms with E-state index in [9.17, 15) is 4.79 Å². The smallest absolute Gasteiger partial charge is 0.230 e. The van der Waals surface area contributed by atoms with Crippen molar-refractivity contribution in [2.45, 2.75) is 33.2 Å². The van der Waals surface area contributed by atoms with Crippen molar-refractivity contribution in [3.8, 4) is 5.75 Å². The molecule has 0 radical (unpaired) electrons. The first-order valence-electron chi connectivity index (χ1n) is 11.0. The summed E-state index contributed by atoms with van der Waals surface area (Å²) >= 11 is 0. The van der Waals surface area contributed by atoms with Crippen LogP contribution in [0.5, 0.6) is 5.75 Å². The van der Waals surface area contributed by atoms with Crippen LogP contribution in [-0.2, 0) is 16.1 Å². The molecule has 29 heavy (non-hydrogen) atoms. The van der Waals surface area contributed by atoms with Gasteiger partial charge in [-0.1, -0.05) is 6.07 Å². The number of likely N-dealkylation sites (tertiary alicyclic amines) is 2. The summed E-state index contributed by atoms with van der Waals surface area (Å²) in [6.45, 7) is 13.4. The van der Waals surface area contributed by atoms with Gasteiger partial charge in [-0.15, -0.1) is 0 Å². The Labute approximate surface area is 174 Å². The molecule has 0 saturated carbocycles. The van der Waals surface area contributed by atoms with Gasteiger partial charge in [0.1, 0.15) is 5.75 Å². The van der Waals surface area contributed by atoms with Crippen molar-refractivity contribution < 1.29 is 14.3 Å². The standard InChI is InChI=1S/C23H35N3O3/c1-18-15-21(28-3)19(2)14-20(18)16-25-6-4-23(17-25)5-7-26(22(23)27)9-8-24-10-12-29-13-11-24/h14-15H,4-13,16-17H2,1-3H3. The molecule has 3 fully saturated rings. The van der Waals surface area contributed by atoms with Crippen molar-refractivity contribution in [3.05, 3.63) is 28.8 Å². The van der Waals surface area contributed by atoms with Gasteiger partial charge in [-0.05, 0) is 56.0 Å². The van der Waals surface area contributed by atoms with Crippen LogP contribution in [0.2, 0.25) is 0 Å². The fraction of sp³-hybridized carbons (Fsp3) is 0.696. The fourth-order valence-corrected chi connectivity index (χ4v) is 5.15. The predicted molar refractivity (Wildman–Crippen MR) is 113 cm³/mol. The number of nitrogens with zero attached hydrogens (tertiary/aromatic N) is 3. The molecule has 1 atom stereocenters. The molecular formula is C23H35N3O3. The van der Waals surface area contributed by atoms with Crippen LogP contribution in [-0.4, -0.2) is 86.7 Å². The largest absolute Gasteiger partial charge is 0.496 e. The second-order valence-corrected chi connectivity index (χ2v) is 8.99. The molecule has 3 aliphatic heterocycles. The van der Waals surface area contributed by atoms with Crippen LogP contribution in [0.4, 0.5) is 0 Å². The second kappa shape index (κ2) is 8.62. The molecule has 4 rings (SSSR count). The molecule has 0 aliphatic carbocycles. The maximum absolute atomic E-state index is 13.2. The fourth-order valence-electron chi connectivity index (χ4n) is 5.15. The Kier molecular flexibility index (Phi) is 6.13. The first kappa shape index (κ1) is 20.6. The van der Waals surface area contributed by atoms with Crippen molar-refractivity contribution in [3.63, 3.8) is 0 Å². The zero-order valence-electron chi connectivity index (χ0n) is 18.2. The van der Waals surface area contributed by atoms with Gasteiger partial charge in [-0.25, -0.2) is 0 Å². The van der Waals surface area contributed by atoms with Crippen LogP contribution >= 0.6 is 0 Å². The molecule has 1 aromatic rings. The summed E-state index contributed by atoms with van der Waals surface area (Å²) < 4.78 is 10.9. The number of hydrogen-bond donors (Lipinski definition) is 0. The molecular weight excluding hydrogens is 366 g/mol. The van der Waals surface area contributed by atoms with E-state index in [0.717, 1.165) is 84.2 Å². The van der Waals surface area contributed by atoms with Crippen molar-refractivity contribution in [2.75, 3.05) is 66.1 Å². The quantitative estimate of drug-likeness (QED) is 0.730. The summed E-state index contributed by atoms with van der Waals surface area (Å²) in [5.74, 6) is 1.34. The number of methoxy groups -OCH3 is 1. The topological polar surface area (TPSA) is 45.2 Å². The number of aryl methyl sites for hydroxylation is 2. The van der Waals surface area contributed by atoms with E-state index in [1.54, 1.807) is 7.11 Å². The van der Waals surface area contributed by atoms with E-state index in [-0.39, 0.29) is 5.41 Å². The van der Waals surface area contributed by atoms with Crippen LogP contribution in [0.25, 0.3) is 0 Å². The Morgan fingerprint density at radius 2 is 1.76 bits per heavy atom. The molecule has 160 valence electrons. The van der Waals surface area contributed by atoms with Crippen molar-refractivity contribution >= 4 is 5.91 Å². The summed E-state index contributed by atoms with van der Waals surface area (Å²) in [5, 5.41) is 0. The second-order valence-electron chi connectivity index (χ2n) is 8.99. The maximum atomic E-state index is 13.2. The lowest BCUT2D eigenvalue weighted by molar-refractivity contribution is -0.135. The van der Waals surface area contributed by atoms with Gasteiger partial charge < -0.3 is 14.4 Å².